The molecule has 1 aromatic heterocycles. The zero-order valence-corrected chi connectivity index (χ0v) is 23.6. The van der Waals surface area contributed by atoms with Gasteiger partial charge < -0.3 is 24.6 Å². The maximum atomic E-state index is 13.3. The molecule has 3 unspecified atom stereocenters. The molecule has 2 aliphatic heterocycles. The highest BCUT2D eigenvalue weighted by atomic mass is 32.2. The Balaban J connectivity index is 1.50. The summed E-state index contributed by atoms with van der Waals surface area (Å²) in [5.74, 6) is -1.41. The van der Waals surface area contributed by atoms with Crippen LogP contribution in [-0.2, 0) is 28.6 Å². The molecule has 3 heterocycles. The first kappa shape index (κ1) is 28.9. The van der Waals surface area contributed by atoms with Crippen LogP contribution in [0.25, 0.3) is 0 Å². The van der Waals surface area contributed by atoms with Crippen LogP contribution in [0.1, 0.15) is 30.5 Å². The van der Waals surface area contributed by atoms with Crippen molar-refractivity contribution in [2.75, 3.05) is 18.1 Å². The number of aromatic nitrogens is 2. The maximum Gasteiger partial charge on any atom is 0.511 e. The second kappa shape index (κ2) is 12.8. The van der Waals surface area contributed by atoms with Crippen LogP contribution in [0.15, 0.2) is 45.9 Å². The molecule has 0 radical (unpaired) electrons. The lowest BCUT2D eigenvalue weighted by molar-refractivity contribution is -0.169. The van der Waals surface area contributed by atoms with Crippen molar-refractivity contribution in [1.29, 1.82) is 0 Å². The van der Waals surface area contributed by atoms with Gasteiger partial charge in [-0.15, -0.1) is 22.0 Å². The highest BCUT2D eigenvalue weighted by Gasteiger charge is 2.55. The van der Waals surface area contributed by atoms with E-state index in [1.807, 2.05) is 6.92 Å². The molecule has 2 aromatic rings. The fraction of sp³-hybridized carbons (Fsp3) is 0.417. The first-order valence-corrected chi connectivity index (χ1v) is 14.7. The quantitative estimate of drug-likeness (QED) is 0.179. The third-order valence-corrected chi connectivity index (χ3v) is 8.97. The van der Waals surface area contributed by atoms with E-state index in [0.29, 0.717) is 27.0 Å². The Morgan fingerprint density at radius 2 is 1.97 bits per heavy atom. The summed E-state index contributed by atoms with van der Waals surface area (Å²) in [5.41, 5.74) is 1.02. The molecule has 4 atom stereocenters. The number of β-lactam (4-membered cyclic amide) rings is 1. The number of nitrogens with one attached hydrogen (secondary N) is 1. The number of aryl methyl sites for hydroxylation is 1. The van der Waals surface area contributed by atoms with E-state index in [2.05, 4.69) is 15.5 Å². The van der Waals surface area contributed by atoms with Crippen molar-refractivity contribution in [3.63, 3.8) is 0 Å². The SMILES string of the molecule is CCOC(=O)OC(C)OC(=O)C1=C(CSc2nnc(C)s2)CS[C@H]2C(NC(=O)C(O)c3ccccc3)C(=O)N12. The molecule has 0 bridgehead atoms. The van der Waals surface area contributed by atoms with Crippen LogP contribution in [0.5, 0.6) is 0 Å². The Labute approximate surface area is 236 Å². The van der Waals surface area contributed by atoms with Crippen LogP contribution in [0.3, 0.4) is 0 Å². The number of esters is 1. The standard InChI is InChI=1S/C24H26N4O8S3/c1-4-34-24(33)36-13(3)35-22(32)17-15(11-38-23-27-26-12(2)39-23)10-37-21-16(20(31)28(17)21)25-19(30)18(29)14-8-6-5-7-9-14/h5-9,13,16,18,21,29H,4,10-11H2,1-3H3,(H,25,30)/t13?,16?,18?,21-/m0/s1. The van der Waals surface area contributed by atoms with Gasteiger partial charge in [-0.3, -0.25) is 14.5 Å². The molecule has 39 heavy (non-hydrogen) atoms. The molecule has 1 saturated heterocycles. The van der Waals surface area contributed by atoms with E-state index in [1.54, 1.807) is 37.3 Å². The molecule has 12 nitrogen and oxygen atoms in total. The lowest BCUT2D eigenvalue weighted by Crippen LogP contribution is -2.71. The fourth-order valence-corrected chi connectivity index (χ4v) is 7.11. The second-order valence-electron chi connectivity index (χ2n) is 8.31. The number of fused-ring (bicyclic) bond motifs is 1. The van der Waals surface area contributed by atoms with E-state index in [4.69, 9.17) is 14.2 Å². The van der Waals surface area contributed by atoms with Crippen molar-refractivity contribution in [3.8, 4) is 0 Å². The molecule has 2 N–H and O–H groups in total. The summed E-state index contributed by atoms with van der Waals surface area (Å²) < 4.78 is 15.7. The smallest absolute Gasteiger partial charge is 0.435 e. The highest BCUT2D eigenvalue weighted by Crippen LogP contribution is 2.42. The molecule has 1 fully saturated rings. The van der Waals surface area contributed by atoms with Gasteiger partial charge in [0.1, 0.15) is 22.1 Å². The molecule has 0 spiro atoms. The first-order chi connectivity index (χ1) is 18.7. The summed E-state index contributed by atoms with van der Waals surface area (Å²) in [6.45, 7) is 4.88. The average Bonchev–Trinajstić information content (AvgIpc) is 3.34. The molecular weight excluding hydrogens is 568 g/mol. The number of aliphatic hydroxyl groups is 1. The van der Waals surface area contributed by atoms with Gasteiger partial charge in [-0.05, 0) is 25.0 Å². The molecule has 15 heteroatoms. The summed E-state index contributed by atoms with van der Waals surface area (Å²) in [4.78, 5) is 52.1. The molecule has 0 saturated carbocycles. The lowest BCUT2D eigenvalue weighted by Gasteiger charge is -2.49. The number of aliphatic hydroxyl groups excluding tert-OH is 1. The van der Waals surface area contributed by atoms with E-state index >= 15 is 0 Å². The monoisotopic (exact) mass is 594 g/mol. The van der Waals surface area contributed by atoms with Gasteiger partial charge in [0.15, 0.2) is 10.4 Å². The van der Waals surface area contributed by atoms with E-state index in [9.17, 15) is 24.3 Å². The lowest BCUT2D eigenvalue weighted by atomic mass is 10.0. The van der Waals surface area contributed by atoms with Crippen molar-refractivity contribution in [1.82, 2.24) is 20.4 Å². The Hall–Kier alpha value is -3.14. The number of nitrogens with zero attached hydrogens (tertiary/aromatic N) is 3. The van der Waals surface area contributed by atoms with Gasteiger partial charge >= 0.3 is 12.1 Å². The minimum Gasteiger partial charge on any atom is -0.435 e. The molecule has 208 valence electrons. The Morgan fingerprint density at radius 3 is 2.64 bits per heavy atom. The van der Waals surface area contributed by atoms with Crippen LogP contribution < -0.4 is 5.32 Å². The summed E-state index contributed by atoms with van der Waals surface area (Å²) in [6.07, 6.45) is -3.72. The van der Waals surface area contributed by atoms with Gasteiger partial charge in [-0.25, -0.2) is 9.59 Å². The topological polar surface area (TPSA) is 157 Å². The van der Waals surface area contributed by atoms with Gasteiger partial charge in [0, 0.05) is 18.4 Å². The number of hydrogen-bond acceptors (Lipinski definition) is 13. The van der Waals surface area contributed by atoms with Crippen LogP contribution in [-0.4, -0.2) is 80.0 Å². The second-order valence-corrected chi connectivity index (χ2v) is 11.8. The average molecular weight is 595 g/mol. The van der Waals surface area contributed by atoms with E-state index in [0.717, 1.165) is 5.01 Å². The van der Waals surface area contributed by atoms with Crippen molar-refractivity contribution >= 4 is 58.8 Å². The van der Waals surface area contributed by atoms with Crippen molar-refractivity contribution < 1.29 is 38.5 Å². The van der Waals surface area contributed by atoms with Gasteiger partial charge in [0.25, 0.3) is 11.8 Å². The van der Waals surface area contributed by atoms with Gasteiger partial charge in [-0.1, -0.05) is 53.4 Å². The molecule has 2 aliphatic rings. The molecule has 2 amide bonds. The fourth-order valence-electron chi connectivity index (χ4n) is 3.81. The van der Waals surface area contributed by atoms with Gasteiger partial charge in [0.2, 0.25) is 6.29 Å². The van der Waals surface area contributed by atoms with Crippen LogP contribution >= 0.6 is 34.9 Å². The number of hydrogen-bond donors (Lipinski definition) is 2. The normalized spacial score (nSPS) is 19.9. The minimum atomic E-state index is -1.45. The predicted molar refractivity (Wildman–Crippen MR) is 142 cm³/mol. The zero-order chi connectivity index (χ0) is 28.1. The van der Waals surface area contributed by atoms with Gasteiger partial charge in [0.05, 0.1) is 6.61 Å². The minimum absolute atomic E-state index is 0.0194. The van der Waals surface area contributed by atoms with Crippen LogP contribution in [0.2, 0.25) is 0 Å². The number of carbonyl (C=O) groups is 4. The molecule has 0 aliphatic carbocycles. The third-order valence-electron chi connectivity index (χ3n) is 5.58. The van der Waals surface area contributed by atoms with Crippen molar-refractivity contribution in [2.24, 2.45) is 0 Å². The number of carbonyl (C=O) groups excluding carboxylic acids is 4. The maximum absolute atomic E-state index is 13.3. The van der Waals surface area contributed by atoms with E-state index in [-0.39, 0.29) is 12.3 Å². The largest absolute Gasteiger partial charge is 0.511 e. The molecule has 1 aromatic carbocycles. The summed E-state index contributed by atoms with van der Waals surface area (Å²) in [7, 11) is 0. The predicted octanol–water partition coefficient (Wildman–Crippen LogP) is 2.39. The van der Waals surface area contributed by atoms with Crippen LogP contribution in [0.4, 0.5) is 4.79 Å². The zero-order valence-electron chi connectivity index (χ0n) is 21.2. The number of rotatable bonds is 10. The summed E-state index contributed by atoms with van der Waals surface area (Å²) in [6, 6.07) is 7.40. The van der Waals surface area contributed by atoms with Gasteiger partial charge in [-0.2, -0.15) is 0 Å². The Kier molecular flexibility index (Phi) is 9.48. The third kappa shape index (κ3) is 6.72. The molecular formula is C24H26N4O8S3. The Bertz CT molecular complexity index is 1270. The Morgan fingerprint density at radius 1 is 1.23 bits per heavy atom. The van der Waals surface area contributed by atoms with Crippen LogP contribution in [0, 0.1) is 6.92 Å². The van der Waals surface area contributed by atoms with Crippen molar-refractivity contribution in [3.05, 3.63) is 52.2 Å². The first-order valence-electron chi connectivity index (χ1n) is 11.9. The van der Waals surface area contributed by atoms with Crippen molar-refractivity contribution in [2.45, 2.75) is 48.9 Å². The highest BCUT2D eigenvalue weighted by molar-refractivity contribution is 8.01. The summed E-state index contributed by atoms with van der Waals surface area (Å²) in [5, 5.41) is 21.3. The van der Waals surface area contributed by atoms with E-state index in [1.165, 1.54) is 46.7 Å². The van der Waals surface area contributed by atoms with E-state index < -0.39 is 47.7 Å². The summed E-state index contributed by atoms with van der Waals surface area (Å²) >= 11 is 4.14. The number of thioether (sulfide) groups is 2. The number of benzene rings is 1. The number of amides is 2. The number of ether oxygens (including phenoxy) is 3. The molecule has 4 rings (SSSR count).